The van der Waals surface area contributed by atoms with Gasteiger partial charge in [-0.25, -0.2) is 0 Å². The molecule has 0 aromatic carbocycles. The molecule has 0 bridgehead atoms. The van der Waals surface area contributed by atoms with Crippen molar-refractivity contribution in [3.05, 3.63) is 47.3 Å². The average molecular weight is 362 g/mol. The summed E-state index contributed by atoms with van der Waals surface area (Å²) in [6, 6.07) is 2.40. The Bertz CT molecular complexity index is 802. The zero-order chi connectivity index (χ0) is 18.6. The maximum Gasteiger partial charge on any atom is 0.0343 e. The average Bonchev–Trinajstić information content (AvgIpc) is 3.05. The molecule has 1 heteroatoms. The first-order valence-electron chi connectivity index (χ1n) is 11.4. The van der Waals surface area contributed by atoms with E-state index in [-0.39, 0.29) is 0 Å². The number of fused-ring (bicyclic) bond motifs is 5. The predicted octanol–water partition coefficient (Wildman–Crippen LogP) is 6.99. The lowest BCUT2D eigenvalue weighted by Gasteiger charge is -2.57. The Hall–Kier alpha value is -1.37. The van der Waals surface area contributed by atoms with E-state index >= 15 is 0 Å². The first-order valence-corrected chi connectivity index (χ1v) is 11.4. The van der Waals surface area contributed by atoms with Gasteiger partial charge in [0.05, 0.1) is 0 Å². The molecule has 1 aromatic heterocycles. The number of nitrogens with zero attached hydrogens (tertiary/aromatic N) is 1. The van der Waals surface area contributed by atoms with Gasteiger partial charge < -0.3 is 0 Å². The Morgan fingerprint density at radius 3 is 2.74 bits per heavy atom. The van der Waals surface area contributed by atoms with E-state index in [2.05, 4.69) is 50.2 Å². The molecule has 4 aliphatic rings. The Morgan fingerprint density at radius 2 is 1.89 bits per heavy atom. The first-order chi connectivity index (χ1) is 13.1. The second-order valence-corrected chi connectivity index (χ2v) is 10.2. The molecule has 5 rings (SSSR count). The van der Waals surface area contributed by atoms with Gasteiger partial charge in [-0.1, -0.05) is 44.9 Å². The van der Waals surface area contributed by atoms with E-state index < -0.39 is 0 Å². The number of pyridine rings is 1. The van der Waals surface area contributed by atoms with Crippen molar-refractivity contribution < 1.29 is 0 Å². The topological polar surface area (TPSA) is 12.9 Å². The molecule has 0 spiro atoms. The molecule has 1 aromatic rings. The Kier molecular flexibility index (Phi) is 4.15. The van der Waals surface area contributed by atoms with Crippen LogP contribution in [0.25, 0.3) is 5.57 Å². The molecule has 0 saturated heterocycles. The van der Waals surface area contributed by atoms with Gasteiger partial charge in [-0.05, 0) is 103 Å². The van der Waals surface area contributed by atoms with Crippen LogP contribution in [0.4, 0.5) is 0 Å². The standard InChI is InChI=1S/C26H35N/c1-4-18-15-19(17-27-16-18)22-10-11-23-21-9-8-20-7-5-6-13-25(20,2)24(21)12-14-26(22,23)3/h8,10,15-17,21,23-24H,4-7,9,11-14H2,1-3H3/t21-,23-,24-,25-,26+/m0/s1. The van der Waals surface area contributed by atoms with E-state index in [9.17, 15) is 0 Å². The van der Waals surface area contributed by atoms with E-state index in [1.165, 1.54) is 62.5 Å². The minimum Gasteiger partial charge on any atom is -0.264 e. The van der Waals surface area contributed by atoms with Crippen molar-refractivity contribution in [2.24, 2.45) is 28.6 Å². The van der Waals surface area contributed by atoms with Crippen LogP contribution in [0.1, 0.15) is 83.3 Å². The van der Waals surface area contributed by atoms with Crippen LogP contribution in [0.2, 0.25) is 0 Å². The summed E-state index contributed by atoms with van der Waals surface area (Å²) < 4.78 is 0. The van der Waals surface area contributed by atoms with Crippen molar-refractivity contribution >= 4 is 5.57 Å². The molecule has 1 heterocycles. The molecular weight excluding hydrogens is 326 g/mol. The minimum absolute atomic E-state index is 0.353. The summed E-state index contributed by atoms with van der Waals surface area (Å²) in [5.41, 5.74) is 7.06. The Labute approximate surface area is 165 Å². The van der Waals surface area contributed by atoms with Crippen LogP contribution < -0.4 is 0 Å². The van der Waals surface area contributed by atoms with E-state index in [4.69, 9.17) is 0 Å². The van der Waals surface area contributed by atoms with Crippen molar-refractivity contribution in [3.8, 4) is 0 Å². The number of allylic oxidation sites excluding steroid dienone is 4. The van der Waals surface area contributed by atoms with E-state index in [1.54, 1.807) is 5.57 Å². The van der Waals surface area contributed by atoms with Crippen LogP contribution in [-0.2, 0) is 6.42 Å². The maximum absolute atomic E-state index is 4.56. The molecule has 0 N–H and O–H groups in total. The van der Waals surface area contributed by atoms with Crippen LogP contribution in [0.5, 0.6) is 0 Å². The van der Waals surface area contributed by atoms with E-state index in [0.29, 0.717) is 10.8 Å². The van der Waals surface area contributed by atoms with Crippen LogP contribution >= 0.6 is 0 Å². The van der Waals surface area contributed by atoms with Crippen LogP contribution in [-0.4, -0.2) is 4.98 Å². The normalized spacial score (nSPS) is 40.5. The predicted molar refractivity (Wildman–Crippen MR) is 113 cm³/mol. The molecule has 2 saturated carbocycles. The van der Waals surface area contributed by atoms with Gasteiger partial charge in [-0.15, -0.1) is 0 Å². The smallest absolute Gasteiger partial charge is 0.0343 e. The molecule has 4 aliphatic carbocycles. The summed E-state index contributed by atoms with van der Waals surface area (Å²) in [4.78, 5) is 4.56. The van der Waals surface area contributed by atoms with Crippen molar-refractivity contribution in [3.63, 3.8) is 0 Å². The lowest BCUT2D eigenvalue weighted by atomic mass is 9.47. The second kappa shape index (κ2) is 6.33. The fourth-order valence-electron chi connectivity index (χ4n) is 7.54. The molecule has 5 atom stereocenters. The van der Waals surface area contributed by atoms with Gasteiger partial charge in [0.25, 0.3) is 0 Å². The van der Waals surface area contributed by atoms with Crippen molar-refractivity contribution in [1.82, 2.24) is 4.98 Å². The molecule has 2 fully saturated rings. The third kappa shape index (κ3) is 2.53. The summed E-state index contributed by atoms with van der Waals surface area (Å²) in [6.45, 7) is 7.43. The Balaban J connectivity index is 1.48. The third-order valence-electron chi connectivity index (χ3n) is 9.11. The van der Waals surface area contributed by atoms with Gasteiger partial charge in [-0.3, -0.25) is 4.98 Å². The number of aromatic nitrogens is 1. The van der Waals surface area contributed by atoms with Gasteiger partial charge in [0.1, 0.15) is 0 Å². The molecule has 0 unspecified atom stereocenters. The first kappa shape index (κ1) is 17.7. The monoisotopic (exact) mass is 361 g/mol. The quantitative estimate of drug-likeness (QED) is 0.517. The van der Waals surface area contributed by atoms with Crippen LogP contribution in [0.3, 0.4) is 0 Å². The lowest BCUT2D eigenvalue weighted by Crippen LogP contribution is -2.48. The highest BCUT2D eigenvalue weighted by atomic mass is 14.6. The molecular formula is C26H35N. The van der Waals surface area contributed by atoms with Crippen LogP contribution in [0, 0.1) is 28.6 Å². The highest BCUT2D eigenvalue weighted by Crippen LogP contribution is 2.66. The summed E-state index contributed by atoms with van der Waals surface area (Å²) in [6.07, 6.45) is 21.6. The number of aryl methyl sites for hydroxylation is 1. The van der Waals surface area contributed by atoms with Crippen molar-refractivity contribution in [2.75, 3.05) is 0 Å². The second-order valence-electron chi connectivity index (χ2n) is 10.2. The molecule has 0 amide bonds. The van der Waals surface area contributed by atoms with Gasteiger partial charge in [-0.2, -0.15) is 0 Å². The molecule has 144 valence electrons. The molecule has 0 radical (unpaired) electrons. The lowest BCUT2D eigenvalue weighted by molar-refractivity contribution is -0.00980. The molecule has 0 aliphatic heterocycles. The van der Waals surface area contributed by atoms with Gasteiger partial charge in [0.15, 0.2) is 0 Å². The molecule has 1 nitrogen and oxygen atoms in total. The summed E-state index contributed by atoms with van der Waals surface area (Å²) in [5, 5.41) is 0. The maximum atomic E-state index is 4.56. The third-order valence-corrected chi connectivity index (χ3v) is 9.11. The van der Waals surface area contributed by atoms with Gasteiger partial charge in [0.2, 0.25) is 0 Å². The van der Waals surface area contributed by atoms with E-state index in [0.717, 1.165) is 24.2 Å². The largest absolute Gasteiger partial charge is 0.264 e. The highest BCUT2D eigenvalue weighted by molar-refractivity contribution is 5.72. The fraction of sp³-hybridized carbons (Fsp3) is 0.654. The number of hydrogen-bond donors (Lipinski definition) is 0. The van der Waals surface area contributed by atoms with Crippen molar-refractivity contribution in [1.29, 1.82) is 0 Å². The highest BCUT2D eigenvalue weighted by Gasteiger charge is 2.56. The fourth-order valence-corrected chi connectivity index (χ4v) is 7.54. The van der Waals surface area contributed by atoms with Gasteiger partial charge >= 0.3 is 0 Å². The summed E-state index contributed by atoms with van der Waals surface area (Å²) >= 11 is 0. The minimum atomic E-state index is 0.353. The Morgan fingerprint density at radius 1 is 1.00 bits per heavy atom. The molecule has 27 heavy (non-hydrogen) atoms. The van der Waals surface area contributed by atoms with Gasteiger partial charge in [0, 0.05) is 12.4 Å². The summed E-state index contributed by atoms with van der Waals surface area (Å²) in [7, 11) is 0. The van der Waals surface area contributed by atoms with Crippen LogP contribution in [0.15, 0.2) is 36.2 Å². The SMILES string of the molecule is CCc1cncc(C2=CC[C@H]3[C@@H]4CC=C5CCCC[C@]5(C)[C@H]4CC[C@]23C)c1. The number of rotatable bonds is 2. The zero-order valence-corrected chi connectivity index (χ0v) is 17.4. The van der Waals surface area contributed by atoms with Crippen molar-refractivity contribution in [2.45, 2.75) is 78.6 Å². The van der Waals surface area contributed by atoms with E-state index in [1.807, 2.05) is 11.8 Å². The summed E-state index contributed by atoms with van der Waals surface area (Å²) in [5.74, 6) is 2.63. The number of hydrogen-bond acceptors (Lipinski definition) is 1. The zero-order valence-electron chi connectivity index (χ0n) is 17.4.